The lowest BCUT2D eigenvalue weighted by Gasteiger charge is -2.22. The molecule has 1 aliphatic carbocycles. The first kappa shape index (κ1) is 12.0. The molecule has 1 fully saturated rings. The van der Waals surface area contributed by atoms with E-state index in [9.17, 15) is 9.59 Å². The molecule has 1 aliphatic rings. The molecule has 1 heterocycles. The first-order chi connectivity index (χ1) is 9.05. The van der Waals surface area contributed by atoms with Crippen LogP contribution in [0.25, 0.3) is 11.1 Å². The summed E-state index contributed by atoms with van der Waals surface area (Å²) in [5, 5.41) is 0. The van der Waals surface area contributed by atoms with Crippen LogP contribution in [-0.4, -0.2) is 24.5 Å². The number of aromatic amines is 1. The van der Waals surface area contributed by atoms with Crippen LogP contribution in [0.1, 0.15) is 12.8 Å². The molecule has 2 aromatic rings. The Morgan fingerprint density at radius 2 is 2.26 bits per heavy atom. The van der Waals surface area contributed by atoms with Gasteiger partial charge in [-0.2, -0.15) is 0 Å². The van der Waals surface area contributed by atoms with Crippen LogP contribution in [0.15, 0.2) is 27.4 Å². The van der Waals surface area contributed by atoms with Crippen molar-refractivity contribution in [2.45, 2.75) is 12.8 Å². The summed E-state index contributed by atoms with van der Waals surface area (Å²) < 4.78 is 4.93. The minimum Gasteiger partial charge on any atom is -0.408 e. The van der Waals surface area contributed by atoms with E-state index in [4.69, 9.17) is 10.2 Å². The van der Waals surface area contributed by atoms with Crippen LogP contribution >= 0.6 is 0 Å². The number of hydrogen-bond acceptors (Lipinski definition) is 4. The van der Waals surface area contributed by atoms with Crippen molar-refractivity contribution in [1.82, 2.24) is 4.98 Å². The van der Waals surface area contributed by atoms with E-state index in [1.54, 1.807) is 30.1 Å². The Morgan fingerprint density at radius 3 is 2.89 bits per heavy atom. The molecule has 0 unspecified atom stereocenters. The lowest BCUT2D eigenvalue weighted by atomic mass is 10.1. The van der Waals surface area contributed by atoms with Gasteiger partial charge in [-0.15, -0.1) is 0 Å². The van der Waals surface area contributed by atoms with Crippen LogP contribution in [0, 0.1) is 5.41 Å². The number of amides is 1. The minimum atomic E-state index is -0.498. The second-order valence-electron chi connectivity index (χ2n) is 5.04. The summed E-state index contributed by atoms with van der Waals surface area (Å²) in [4.78, 5) is 27.6. The Labute approximate surface area is 109 Å². The van der Waals surface area contributed by atoms with Crippen LogP contribution in [0.5, 0.6) is 0 Å². The highest BCUT2D eigenvalue weighted by molar-refractivity contribution is 6.00. The Morgan fingerprint density at radius 1 is 1.53 bits per heavy atom. The van der Waals surface area contributed by atoms with Crippen molar-refractivity contribution in [3.05, 3.63) is 28.7 Å². The highest BCUT2D eigenvalue weighted by atomic mass is 16.4. The van der Waals surface area contributed by atoms with Crippen molar-refractivity contribution >= 4 is 22.7 Å². The number of carbonyl (C=O) groups excluding carboxylic acids is 1. The van der Waals surface area contributed by atoms with Gasteiger partial charge in [0.25, 0.3) is 0 Å². The summed E-state index contributed by atoms with van der Waals surface area (Å²) in [7, 11) is 1.72. The van der Waals surface area contributed by atoms with Crippen molar-refractivity contribution in [1.29, 1.82) is 0 Å². The molecular weight excluding hydrogens is 246 g/mol. The Balaban J connectivity index is 1.95. The third kappa shape index (κ3) is 1.84. The molecule has 1 aromatic heterocycles. The molecule has 0 spiro atoms. The summed E-state index contributed by atoms with van der Waals surface area (Å²) >= 11 is 0. The van der Waals surface area contributed by atoms with Crippen molar-refractivity contribution in [2.24, 2.45) is 11.1 Å². The zero-order valence-corrected chi connectivity index (χ0v) is 10.6. The Kier molecular flexibility index (Phi) is 2.50. The van der Waals surface area contributed by atoms with E-state index in [2.05, 4.69) is 4.98 Å². The summed E-state index contributed by atoms with van der Waals surface area (Å²) in [5.74, 6) is -0.470. The quantitative estimate of drug-likeness (QED) is 0.855. The van der Waals surface area contributed by atoms with E-state index in [0.29, 0.717) is 23.3 Å². The van der Waals surface area contributed by atoms with Gasteiger partial charge in [-0.05, 0) is 31.0 Å². The fourth-order valence-electron chi connectivity index (χ4n) is 2.28. The van der Waals surface area contributed by atoms with Gasteiger partial charge in [0.15, 0.2) is 5.58 Å². The molecule has 6 heteroatoms. The number of nitrogens with one attached hydrogen (secondary N) is 1. The molecule has 0 aliphatic heterocycles. The summed E-state index contributed by atoms with van der Waals surface area (Å²) in [6.07, 6.45) is 1.69. The van der Waals surface area contributed by atoms with E-state index in [1.807, 2.05) is 0 Å². The maximum atomic E-state index is 12.4. The minimum absolute atomic E-state index is 0.0280. The standard InChI is InChI=1S/C13H15N3O3/c1-16(11(17)13(7-14)4-5-13)8-2-3-10-9(6-8)15-12(18)19-10/h2-3,6H,4-5,7,14H2,1H3,(H,15,18). The monoisotopic (exact) mass is 261 g/mol. The van der Waals surface area contributed by atoms with Gasteiger partial charge < -0.3 is 15.1 Å². The molecule has 19 heavy (non-hydrogen) atoms. The fourth-order valence-corrected chi connectivity index (χ4v) is 2.28. The average Bonchev–Trinajstić information content (AvgIpc) is 3.12. The number of carbonyl (C=O) groups is 1. The van der Waals surface area contributed by atoms with Crippen LogP contribution in [0.2, 0.25) is 0 Å². The largest absolute Gasteiger partial charge is 0.417 e. The lowest BCUT2D eigenvalue weighted by molar-refractivity contribution is -0.123. The van der Waals surface area contributed by atoms with Crippen molar-refractivity contribution < 1.29 is 9.21 Å². The number of rotatable bonds is 3. The number of H-pyrrole nitrogens is 1. The zero-order valence-electron chi connectivity index (χ0n) is 10.6. The van der Waals surface area contributed by atoms with Gasteiger partial charge in [0.05, 0.1) is 10.9 Å². The first-order valence-corrected chi connectivity index (χ1v) is 6.17. The van der Waals surface area contributed by atoms with E-state index in [1.165, 1.54) is 0 Å². The van der Waals surface area contributed by atoms with Gasteiger partial charge in [0.2, 0.25) is 5.91 Å². The Hall–Kier alpha value is -2.08. The summed E-state index contributed by atoms with van der Waals surface area (Å²) in [6, 6.07) is 5.16. The molecule has 3 N–H and O–H groups in total. The number of fused-ring (bicyclic) bond motifs is 1. The van der Waals surface area contributed by atoms with Crippen LogP contribution in [0.3, 0.4) is 0 Å². The predicted molar refractivity (Wildman–Crippen MR) is 71.0 cm³/mol. The van der Waals surface area contributed by atoms with Crippen LogP contribution in [-0.2, 0) is 4.79 Å². The molecular formula is C13H15N3O3. The van der Waals surface area contributed by atoms with E-state index < -0.39 is 5.76 Å². The molecule has 100 valence electrons. The van der Waals surface area contributed by atoms with Gasteiger partial charge >= 0.3 is 5.76 Å². The van der Waals surface area contributed by atoms with Gasteiger partial charge in [-0.25, -0.2) is 4.79 Å². The van der Waals surface area contributed by atoms with Gasteiger partial charge in [-0.1, -0.05) is 0 Å². The average molecular weight is 261 g/mol. The highest BCUT2D eigenvalue weighted by Crippen LogP contribution is 2.46. The maximum Gasteiger partial charge on any atom is 0.417 e. The molecule has 6 nitrogen and oxygen atoms in total. The Bertz CT molecular complexity index is 696. The number of oxazole rings is 1. The third-order valence-corrected chi connectivity index (χ3v) is 3.79. The first-order valence-electron chi connectivity index (χ1n) is 6.17. The highest BCUT2D eigenvalue weighted by Gasteiger charge is 2.50. The van der Waals surface area contributed by atoms with Gasteiger partial charge in [0, 0.05) is 19.3 Å². The van der Waals surface area contributed by atoms with E-state index >= 15 is 0 Å². The zero-order chi connectivity index (χ0) is 13.6. The summed E-state index contributed by atoms with van der Waals surface area (Å²) in [6.45, 7) is 0.376. The molecule has 0 atom stereocenters. The molecule has 1 amide bonds. The normalized spacial score (nSPS) is 16.5. The van der Waals surface area contributed by atoms with Gasteiger partial charge in [0.1, 0.15) is 0 Å². The molecule has 1 aromatic carbocycles. The maximum absolute atomic E-state index is 12.4. The number of anilines is 1. The number of aromatic nitrogens is 1. The number of hydrogen-bond donors (Lipinski definition) is 2. The third-order valence-electron chi connectivity index (χ3n) is 3.79. The molecule has 0 bridgehead atoms. The second-order valence-corrected chi connectivity index (χ2v) is 5.04. The smallest absolute Gasteiger partial charge is 0.408 e. The fraction of sp³-hybridized carbons (Fsp3) is 0.385. The molecule has 1 saturated carbocycles. The topological polar surface area (TPSA) is 92.3 Å². The lowest BCUT2D eigenvalue weighted by Crippen LogP contribution is -2.38. The molecule has 0 saturated heterocycles. The SMILES string of the molecule is CN(C(=O)C1(CN)CC1)c1ccc2oc(=O)[nH]c2c1. The number of benzene rings is 1. The number of nitrogens with zero attached hydrogens (tertiary/aromatic N) is 1. The van der Waals surface area contributed by atoms with Crippen molar-refractivity contribution in [3.63, 3.8) is 0 Å². The molecule has 3 rings (SSSR count). The van der Waals surface area contributed by atoms with E-state index in [-0.39, 0.29) is 11.3 Å². The van der Waals surface area contributed by atoms with E-state index in [0.717, 1.165) is 12.8 Å². The summed E-state index contributed by atoms with van der Waals surface area (Å²) in [5.41, 5.74) is 7.07. The van der Waals surface area contributed by atoms with Gasteiger partial charge in [-0.3, -0.25) is 9.78 Å². The van der Waals surface area contributed by atoms with Crippen LogP contribution < -0.4 is 16.4 Å². The predicted octanol–water partition coefficient (Wildman–Crippen LogP) is 0.823. The van der Waals surface area contributed by atoms with Crippen molar-refractivity contribution in [2.75, 3.05) is 18.5 Å². The second kappa shape index (κ2) is 3.96. The van der Waals surface area contributed by atoms with Crippen molar-refractivity contribution in [3.8, 4) is 0 Å². The van der Waals surface area contributed by atoms with Crippen LogP contribution in [0.4, 0.5) is 5.69 Å². The molecule has 0 radical (unpaired) electrons. The number of nitrogens with two attached hydrogens (primary N) is 1.